The van der Waals surface area contributed by atoms with Gasteiger partial charge in [-0.2, -0.15) is 0 Å². The van der Waals surface area contributed by atoms with E-state index in [1.54, 1.807) is 31.5 Å². The first-order chi connectivity index (χ1) is 6.18. The minimum Gasteiger partial charge on any atom is -0.489 e. The molecule has 70 valence electrons. The number of hydrogen-bond donors (Lipinski definition) is 1. The van der Waals surface area contributed by atoms with Gasteiger partial charge in [-0.05, 0) is 19.1 Å². The van der Waals surface area contributed by atoms with Crippen molar-refractivity contribution in [3.63, 3.8) is 0 Å². The van der Waals surface area contributed by atoms with Crippen molar-refractivity contribution in [2.45, 2.75) is 19.4 Å². The van der Waals surface area contributed by atoms with Gasteiger partial charge in [-0.25, -0.2) is 0 Å². The second kappa shape index (κ2) is 4.45. The predicted molar refractivity (Wildman–Crippen MR) is 46.6 cm³/mol. The smallest absolute Gasteiger partial charge is 0.307 e. The predicted octanol–water partition coefficient (Wildman–Crippen LogP) is 1.32. The topological polar surface area (TPSA) is 59.4 Å². The number of rotatable bonds is 4. The van der Waals surface area contributed by atoms with E-state index in [1.165, 1.54) is 0 Å². The number of aromatic nitrogens is 1. The van der Waals surface area contributed by atoms with Crippen LogP contribution < -0.4 is 4.74 Å². The Labute approximate surface area is 76.2 Å². The van der Waals surface area contributed by atoms with Crippen LogP contribution in [0.15, 0.2) is 24.5 Å². The molecule has 0 saturated carbocycles. The van der Waals surface area contributed by atoms with Crippen molar-refractivity contribution in [3.05, 3.63) is 24.5 Å². The first-order valence-electron chi connectivity index (χ1n) is 3.97. The van der Waals surface area contributed by atoms with Crippen molar-refractivity contribution in [3.8, 4) is 5.75 Å². The highest BCUT2D eigenvalue weighted by molar-refractivity contribution is 5.67. The molecule has 0 aliphatic carbocycles. The molecular weight excluding hydrogens is 170 g/mol. The van der Waals surface area contributed by atoms with E-state index in [2.05, 4.69) is 4.98 Å². The van der Waals surface area contributed by atoms with Crippen molar-refractivity contribution < 1.29 is 14.6 Å². The highest BCUT2D eigenvalue weighted by atomic mass is 16.5. The highest BCUT2D eigenvalue weighted by Crippen LogP contribution is 2.10. The normalized spacial score (nSPS) is 12.1. The fourth-order valence-electron chi connectivity index (χ4n) is 0.937. The van der Waals surface area contributed by atoms with E-state index in [-0.39, 0.29) is 12.5 Å². The molecule has 0 bridgehead atoms. The lowest BCUT2D eigenvalue weighted by Crippen LogP contribution is -2.16. The Morgan fingerprint density at radius 1 is 1.77 bits per heavy atom. The third kappa shape index (κ3) is 3.55. The zero-order valence-corrected chi connectivity index (χ0v) is 7.30. The minimum atomic E-state index is -0.864. The van der Waals surface area contributed by atoms with Crippen LogP contribution in [-0.4, -0.2) is 22.2 Å². The molecule has 1 aromatic heterocycles. The summed E-state index contributed by atoms with van der Waals surface area (Å²) in [4.78, 5) is 14.1. The van der Waals surface area contributed by atoms with Crippen LogP contribution in [0, 0.1) is 0 Å². The van der Waals surface area contributed by atoms with E-state index in [9.17, 15) is 4.79 Å². The Morgan fingerprint density at radius 3 is 3.08 bits per heavy atom. The largest absolute Gasteiger partial charge is 0.489 e. The third-order valence-corrected chi connectivity index (χ3v) is 1.43. The summed E-state index contributed by atoms with van der Waals surface area (Å²) in [6, 6.07) is 3.48. The van der Waals surface area contributed by atoms with Gasteiger partial charge < -0.3 is 9.84 Å². The number of ether oxygens (including phenoxy) is 1. The lowest BCUT2D eigenvalue weighted by molar-refractivity contribution is -0.138. The summed E-state index contributed by atoms with van der Waals surface area (Å²) in [7, 11) is 0. The summed E-state index contributed by atoms with van der Waals surface area (Å²) < 4.78 is 5.28. The Bertz CT molecular complexity index is 273. The van der Waals surface area contributed by atoms with Crippen LogP contribution in [0.1, 0.15) is 13.3 Å². The van der Waals surface area contributed by atoms with Gasteiger partial charge in [0.2, 0.25) is 0 Å². The van der Waals surface area contributed by atoms with Crippen LogP contribution in [0.4, 0.5) is 0 Å². The van der Waals surface area contributed by atoms with Crippen molar-refractivity contribution in [1.82, 2.24) is 4.98 Å². The van der Waals surface area contributed by atoms with Gasteiger partial charge in [-0.3, -0.25) is 9.78 Å². The monoisotopic (exact) mass is 181 g/mol. The van der Waals surface area contributed by atoms with Gasteiger partial charge in [0.15, 0.2) is 0 Å². The quantitative estimate of drug-likeness (QED) is 0.761. The fourth-order valence-corrected chi connectivity index (χ4v) is 0.937. The van der Waals surface area contributed by atoms with E-state index >= 15 is 0 Å². The maximum absolute atomic E-state index is 10.3. The molecule has 1 aromatic rings. The van der Waals surface area contributed by atoms with E-state index in [0.29, 0.717) is 5.75 Å². The molecule has 0 saturated heterocycles. The molecule has 4 nitrogen and oxygen atoms in total. The molecule has 0 aliphatic rings. The van der Waals surface area contributed by atoms with Gasteiger partial charge in [-0.15, -0.1) is 0 Å². The Hall–Kier alpha value is -1.58. The number of carboxylic acids is 1. The van der Waals surface area contributed by atoms with Gasteiger partial charge in [0.05, 0.1) is 12.6 Å². The van der Waals surface area contributed by atoms with E-state index in [1.807, 2.05) is 0 Å². The maximum atomic E-state index is 10.3. The number of hydrogen-bond acceptors (Lipinski definition) is 3. The average Bonchev–Trinajstić information content (AvgIpc) is 2.04. The zero-order chi connectivity index (χ0) is 9.68. The first-order valence-corrected chi connectivity index (χ1v) is 3.97. The summed E-state index contributed by atoms with van der Waals surface area (Å²) in [6.45, 7) is 1.71. The SMILES string of the molecule is C[C@H](CC(=O)O)Oc1cccnc1. The molecule has 0 aromatic carbocycles. The van der Waals surface area contributed by atoms with Crippen molar-refractivity contribution in [1.29, 1.82) is 0 Å². The molecule has 1 rings (SSSR count). The fraction of sp³-hybridized carbons (Fsp3) is 0.333. The molecular formula is C9H11NO3. The molecule has 0 fully saturated rings. The molecule has 13 heavy (non-hydrogen) atoms. The number of nitrogens with zero attached hydrogens (tertiary/aromatic N) is 1. The second-order valence-electron chi connectivity index (χ2n) is 2.72. The molecule has 1 N–H and O–H groups in total. The van der Waals surface area contributed by atoms with Gasteiger partial charge in [-0.1, -0.05) is 0 Å². The van der Waals surface area contributed by atoms with Crippen LogP contribution >= 0.6 is 0 Å². The second-order valence-corrected chi connectivity index (χ2v) is 2.72. The van der Waals surface area contributed by atoms with Crippen molar-refractivity contribution in [2.75, 3.05) is 0 Å². The number of aliphatic carboxylic acids is 1. The molecule has 0 amide bonds. The molecule has 0 radical (unpaired) electrons. The Balaban J connectivity index is 2.45. The standard InChI is InChI=1S/C9H11NO3/c1-7(5-9(11)12)13-8-3-2-4-10-6-8/h2-4,6-7H,5H2,1H3,(H,11,12)/t7-/m1/s1. The van der Waals surface area contributed by atoms with Crippen LogP contribution in [-0.2, 0) is 4.79 Å². The molecule has 1 atom stereocenters. The summed E-state index contributed by atoms with van der Waals surface area (Å²) in [6.07, 6.45) is 2.85. The summed E-state index contributed by atoms with van der Waals surface area (Å²) >= 11 is 0. The lowest BCUT2D eigenvalue weighted by Gasteiger charge is -2.11. The van der Waals surface area contributed by atoms with Crippen molar-refractivity contribution in [2.24, 2.45) is 0 Å². The van der Waals surface area contributed by atoms with Gasteiger partial charge in [0.25, 0.3) is 0 Å². The minimum absolute atomic E-state index is 0.00507. The molecule has 4 heteroatoms. The Morgan fingerprint density at radius 2 is 2.54 bits per heavy atom. The number of pyridine rings is 1. The summed E-state index contributed by atoms with van der Waals surface area (Å²) in [5.74, 6) is -0.271. The van der Waals surface area contributed by atoms with E-state index in [0.717, 1.165) is 0 Å². The molecule has 0 aliphatic heterocycles. The Kier molecular flexibility index (Phi) is 3.25. The number of carbonyl (C=O) groups is 1. The van der Waals surface area contributed by atoms with E-state index in [4.69, 9.17) is 9.84 Å². The molecule has 0 unspecified atom stereocenters. The van der Waals surface area contributed by atoms with E-state index < -0.39 is 5.97 Å². The molecule has 0 spiro atoms. The average molecular weight is 181 g/mol. The molecule has 1 heterocycles. The van der Waals surface area contributed by atoms with Crippen LogP contribution in [0.2, 0.25) is 0 Å². The van der Waals surface area contributed by atoms with Gasteiger partial charge in [0, 0.05) is 6.20 Å². The van der Waals surface area contributed by atoms with Crippen molar-refractivity contribution >= 4 is 5.97 Å². The highest BCUT2D eigenvalue weighted by Gasteiger charge is 2.08. The van der Waals surface area contributed by atoms with Gasteiger partial charge in [0.1, 0.15) is 11.9 Å². The summed E-state index contributed by atoms with van der Waals surface area (Å²) in [5, 5.41) is 8.47. The third-order valence-electron chi connectivity index (χ3n) is 1.43. The van der Waals surface area contributed by atoms with Crippen LogP contribution in [0.3, 0.4) is 0 Å². The maximum Gasteiger partial charge on any atom is 0.307 e. The number of carboxylic acid groups (broad SMARTS) is 1. The van der Waals surface area contributed by atoms with Gasteiger partial charge >= 0.3 is 5.97 Å². The van der Waals surface area contributed by atoms with Crippen LogP contribution in [0.5, 0.6) is 5.75 Å². The lowest BCUT2D eigenvalue weighted by atomic mass is 10.3. The first kappa shape index (κ1) is 9.51. The zero-order valence-electron chi connectivity index (χ0n) is 7.30. The van der Waals surface area contributed by atoms with Crippen LogP contribution in [0.25, 0.3) is 0 Å². The summed E-state index contributed by atoms with van der Waals surface area (Å²) in [5.41, 5.74) is 0.